The van der Waals surface area contributed by atoms with Gasteiger partial charge in [0.15, 0.2) is 6.29 Å². The Hall–Kier alpha value is -0.990. The van der Waals surface area contributed by atoms with E-state index in [9.17, 15) is 9.90 Å². The van der Waals surface area contributed by atoms with Gasteiger partial charge in [-0.05, 0) is 66.8 Å². The Labute approximate surface area is 216 Å². The number of hydrogen-bond acceptors (Lipinski definition) is 6. The summed E-state index contributed by atoms with van der Waals surface area (Å²) < 4.78 is 19.6. The number of carbonyl (C=O) groups excluding carboxylic acids is 1. The fraction of sp³-hybridized carbons (Fsp3) is 0.897. The zero-order valence-corrected chi connectivity index (χ0v) is 23.3. The maximum Gasteiger partial charge on any atom is 0.227 e. The molecule has 7 nitrogen and oxygen atoms in total. The Kier molecular flexibility index (Phi) is 5.63. The van der Waals surface area contributed by atoms with E-state index in [-0.39, 0.29) is 58.6 Å². The molecule has 6 aliphatic rings. The number of allylic oxidation sites excluding steroid dienone is 1. The number of nitrogens with zero attached hydrogens (tertiary/aromatic N) is 2. The van der Waals surface area contributed by atoms with Gasteiger partial charge in [-0.2, -0.15) is 0 Å². The quantitative estimate of drug-likeness (QED) is 0.554. The van der Waals surface area contributed by atoms with Crippen molar-refractivity contribution < 1.29 is 24.1 Å². The van der Waals surface area contributed by atoms with Crippen LogP contribution in [0, 0.1) is 28.1 Å². The Morgan fingerprint density at radius 1 is 1.14 bits per heavy atom. The summed E-state index contributed by atoms with van der Waals surface area (Å²) in [6.45, 7) is 14.3. The third-order valence-electron chi connectivity index (χ3n) is 11.7. The number of rotatable bonds is 3. The summed E-state index contributed by atoms with van der Waals surface area (Å²) in [4.78, 5) is 16.3. The molecule has 3 aliphatic carbocycles. The van der Waals surface area contributed by atoms with Crippen molar-refractivity contribution in [3.8, 4) is 0 Å². The van der Waals surface area contributed by atoms with Gasteiger partial charge >= 0.3 is 0 Å². The highest BCUT2D eigenvalue weighted by Crippen LogP contribution is 2.67. The molecule has 6 rings (SSSR count). The van der Waals surface area contributed by atoms with Crippen molar-refractivity contribution in [1.29, 1.82) is 0 Å². The first-order valence-electron chi connectivity index (χ1n) is 14.1. The molecule has 0 N–H and O–H groups in total. The summed E-state index contributed by atoms with van der Waals surface area (Å²) in [7, 11) is 3.64. The molecule has 3 heterocycles. The van der Waals surface area contributed by atoms with E-state index in [1.54, 1.807) is 4.90 Å². The lowest BCUT2D eigenvalue weighted by Gasteiger charge is -2.71. The van der Waals surface area contributed by atoms with Crippen molar-refractivity contribution in [2.45, 2.75) is 96.9 Å². The van der Waals surface area contributed by atoms with Crippen LogP contribution >= 0.6 is 0 Å². The zero-order valence-electron chi connectivity index (χ0n) is 23.3. The first kappa shape index (κ1) is 25.3. The number of amides is 1. The second-order valence-corrected chi connectivity index (χ2v) is 14.1. The van der Waals surface area contributed by atoms with Gasteiger partial charge < -0.3 is 24.2 Å². The number of likely N-dealkylation sites (tertiary alicyclic amines) is 1. The van der Waals surface area contributed by atoms with Crippen LogP contribution in [0.5, 0.6) is 0 Å². The molecule has 0 aromatic rings. The van der Waals surface area contributed by atoms with E-state index in [0.717, 1.165) is 45.2 Å². The molecule has 3 saturated heterocycles. The van der Waals surface area contributed by atoms with E-state index in [4.69, 9.17) is 14.2 Å². The summed E-state index contributed by atoms with van der Waals surface area (Å²) in [5, 5.41) is 14.3. The molecule has 202 valence electrons. The maximum absolute atomic E-state index is 14.3. The molecule has 0 aromatic heterocycles. The molecular weight excluding hydrogens is 456 g/mol. The molecular formula is C29H45N2O5-. The smallest absolute Gasteiger partial charge is 0.227 e. The van der Waals surface area contributed by atoms with Crippen molar-refractivity contribution in [1.82, 2.24) is 9.80 Å². The monoisotopic (exact) mass is 501 g/mol. The van der Waals surface area contributed by atoms with Crippen LogP contribution in [0.3, 0.4) is 0 Å². The maximum atomic E-state index is 14.3. The van der Waals surface area contributed by atoms with Crippen LogP contribution in [0.15, 0.2) is 11.1 Å². The van der Waals surface area contributed by atoms with Crippen LogP contribution in [0.4, 0.5) is 0 Å². The molecule has 0 radical (unpaired) electrons. The first-order valence-corrected chi connectivity index (χ1v) is 14.1. The average molecular weight is 502 g/mol. The third kappa shape index (κ3) is 3.32. The average Bonchev–Trinajstić information content (AvgIpc) is 3.18. The Balaban J connectivity index is 1.33. The summed E-state index contributed by atoms with van der Waals surface area (Å²) >= 11 is 0. The van der Waals surface area contributed by atoms with Gasteiger partial charge in [-0.1, -0.05) is 38.9 Å². The molecule has 1 amide bonds. The molecule has 7 heteroatoms. The summed E-state index contributed by atoms with van der Waals surface area (Å²) in [5.74, 6) is 0.262. The van der Waals surface area contributed by atoms with E-state index in [1.165, 1.54) is 11.1 Å². The van der Waals surface area contributed by atoms with Crippen LogP contribution in [0.1, 0.15) is 66.7 Å². The summed E-state index contributed by atoms with van der Waals surface area (Å²) in [6.07, 6.45) is 4.09. The van der Waals surface area contributed by atoms with Crippen molar-refractivity contribution in [2.75, 3.05) is 40.3 Å². The molecule has 2 saturated carbocycles. The standard InChI is InChI=1S/C29H45N2O5/c1-17-8-10-27(4)12-19-28(5,11-9-20-29(19,33)16-34-20)24-23(22(17)26(27,2)3)35-21(36-24)15-31-13-18(14-31)25(32)30(6)7/h18-21,23-24H,8-16H2,1-7H3/q-1/t19?,20-,21-,23-,24-,27+,28-,29-/m1/s1. The number of fused-ring (bicyclic) bond motifs is 8. The highest BCUT2D eigenvalue weighted by atomic mass is 16.7. The van der Waals surface area contributed by atoms with E-state index >= 15 is 0 Å². The fourth-order valence-corrected chi connectivity index (χ4v) is 8.87. The highest BCUT2D eigenvalue weighted by molar-refractivity contribution is 5.79. The largest absolute Gasteiger partial charge is 0.846 e. The number of ether oxygens (including phenoxy) is 3. The van der Waals surface area contributed by atoms with Crippen molar-refractivity contribution in [2.24, 2.45) is 28.1 Å². The normalized spacial score (nSPS) is 48.1. The minimum absolute atomic E-state index is 0.00248. The summed E-state index contributed by atoms with van der Waals surface area (Å²) in [6, 6.07) is 0. The van der Waals surface area contributed by atoms with Crippen LogP contribution in [-0.4, -0.2) is 86.2 Å². The fourth-order valence-electron chi connectivity index (χ4n) is 8.87. The van der Waals surface area contributed by atoms with Gasteiger partial charge in [-0.15, -0.1) is 0 Å². The van der Waals surface area contributed by atoms with E-state index < -0.39 is 5.60 Å². The van der Waals surface area contributed by atoms with Crippen molar-refractivity contribution in [3.05, 3.63) is 11.1 Å². The van der Waals surface area contributed by atoms with Crippen LogP contribution in [0.25, 0.3) is 0 Å². The molecule has 0 aromatic carbocycles. The van der Waals surface area contributed by atoms with Crippen molar-refractivity contribution in [3.63, 3.8) is 0 Å². The lowest BCUT2D eigenvalue weighted by atomic mass is 9.44. The van der Waals surface area contributed by atoms with Gasteiger partial charge in [0.1, 0.15) is 6.10 Å². The highest BCUT2D eigenvalue weighted by Gasteiger charge is 2.66. The Morgan fingerprint density at radius 2 is 1.86 bits per heavy atom. The predicted molar refractivity (Wildman–Crippen MR) is 134 cm³/mol. The van der Waals surface area contributed by atoms with Gasteiger partial charge in [0, 0.05) is 40.3 Å². The lowest BCUT2D eigenvalue weighted by Crippen LogP contribution is -2.78. The van der Waals surface area contributed by atoms with E-state index in [2.05, 4.69) is 39.5 Å². The van der Waals surface area contributed by atoms with Gasteiger partial charge in [0.05, 0.1) is 18.1 Å². The lowest BCUT2D eigenvalue weighted by molar-refractivity contribution is -0.573. The minimum Gasteiger partial charge on any atom is -0.846 e. The van der Waals surface area contributed by atoms with Crippen molar-refractivity contribution >= 4 is 5.91 Å². The van der Waals surface area contributed by atoms with Gasteiger partial charge in [0.25, 0.3) is 0 Å². The first-order chi connectivity index (χ1) is 16.8. The van der Waals surface area contributed by atoms with Gasteiger partial charge in [-0.25, -0.2) is 0 Å². The predicted octanol–water partition coefficient (Wildman–Crippen LogP) is 2.58. The van der Waals surface area contributed by atoms with Gasteiger partial charge in [0.2, 0.25) is 5.91 Å². The molecule has 1 unspecified atom stereocenters. The Morgan fingerprint density at radius 3 is 2.50 bits per heavy atom. The van der Waals surface area contributed by atoms with Crippen LogP contribution in [-0.2, 0) is 19.0 Å². The molecule has 0 spiro atoms. The summed E-state index contributed by atoms with van der Waals surface area (Å²) in [5.41, 5.74) is 1.54. The second-order valence-electron chi connectivity index (χ2n) is 14.1. The van der Waals surface area contributed by atoms with E-state index in [1.807, 2.05) is 14.1 Å². The zero-order chi connectivity index (χ0) is 25.8. The topological polar surface area (TPSA) is 74.3 Å². The molecule has 2 bridgehead atoms. The van der Waals surface area contributed by atoms with Crippen LogP contribution in [0.2, 0.25) is 0 Å². The number of carbonyl (C=O) groups is 1. The van der Waals surface area contributed by atoms with Gasteiger partial charge in [-0.3, -0.25) is 9.69 Å². The third-order valence-corrected chi connectivity index (χ3v) is 11.7. The molecule has 36 heavy (non-hydrogen) atoms. The Bertz CT molecular complexity index is 973. The number of hydrogen-bond donors (Lipinski definition) is 0. The SMILES string of the molecule is CC1=C2[C@H]3O[C@@H](CN4CC(C(=O)N(C)C)C4)O[C@H]3[C@]3(C)CC[C@H]4OC[C@@]4([O-])C3C[C@](C)(CC1)C2(C)C. The molecule has 8 atom stereocenters. The van der Waals surface area contributed by atoms with E-state index in [0.29, 0.717) is 13.2 Å². The molecule has 5 fully saturated rings. The molecule has 3 aliphatic heterocycles. The minimum atomic E-state index is -1.02. The van der Waals surface area contributed by atoms with Crippen LogP contribution < -0.4 is 5.11 Å². The second kappa shape index (κ2) is 8.01.